The van der Waals surface area contributed by atoms with Gasteiger partial charge in [-0.1, -0.05) is 18.5 Å². The van der Waals surface area contributed by atoms with E-state index in [1.54, 1.807) is 0 Å². The summed E-state index contributed by atoms with van der Waals surface area (Å²) in [5.74, 6) is 0.871. The van der Waals surface area contributed by atoms with Gasteiger partial charge in [-0.25, -0.2) is 0 Å². The van der Waals surface area contributed by atoms with E-state index in [4.69, 9.17) is 9.26 Å². The fourth-order valence-electron chi connectivity index (χ4n) is 2.36. The molecule has 1 aliphatic heterocycles. The maximum atomic E-state index is 10.5. The number of nitrogens with one attached hydrogen (secondary N) is 1. The van der Waals surface area contributed by atoms with Gasteiger partial charge in [0.05, 0.1) is 0 Å². The predicted molar refractivity (Wildman–Crippen MR) is 69.6 cm³/mol. The zero-order valence-corrected chi connectivity index (χ0v) is 11.7. The van der Waals surface area contributed by atoms with Gasteiger partial charge in [-0.2, -0.15) is 4.98 Å². The van der Waals surface area contributed by atoms with Crippen LogP contribution >= 0.6 is 0 Å². The Morgan fingerprint density at radius 1 is 1.42 bits per heavy atom. The first kappa shape index (κ1) is 14.4. The highest BCUT2D eigenvalue weighted by Crippen LogP contribution is 2.30. The molecule has 1 aliphatic rings. The number of nitrogens with zero attached hydrogens (tertiary/aromatic N) is 2. The van der Waals surface area contributed by atoms with Gasteiger partial charge in [0.1, 0.15) is 11.7 Å². The number of aromatic nitrogens is 2. The first-order valence-corrected chi connectivity index (χ1v) is 7.08. The number of rotatable bonds is 6. The molecule has 108 valence electrons. The average Bonchev–Trinajstić information content (AvgIpc) is 2.90. The third kappa shape index (κ3) is 3.32. The topological polar surface area (TPSA) is 80.4 Å². The Hall–Kier alpha value is -0.980. The molecule has 0 saturated carbocycles. The van der Waals surface area contributed by atoms with Gasteiger partial charge in [-0.3, -0.25) is 0 Å². The molecule has 0 spiro atoms. The van der Waals surface area contributed by atoms with Crippen LogP contribution in [0.5, 0.6) is 0 Å². The summed E-state index contributed by atoms with van der Waals surface area (Å²) in [5, 5.41) is 17.7. The predicted octanol–water partition coefficient (Wildman–Crippen LogP) is 1.52. The van der Waals surface area contributed by atoms with Gasteiger partial charge in [0.25, 0.3) is 5.89 Å². The van der Waals surface area contributed by atoms with Crippen molar-refractivity contribution in [1.82, 2.24) is 15.5 Å². The lowest BCUT2D eigenvalue weighted by molar-refractivity contribution is -0.0228. The minimum Gasteiger partial charge on any atom is -0.380 e. The van der Waals surface area contributed by atoms with Crippen molar-refractivity contribution in [3.05, 3.63) is 11.7 Å². The van der Waals surface area contributed by atoms with Gasteiger partial charge >= 0.3 is 0 Å². The molecule has 2 N–H and O–H groups in total. The summed E-state index contributed by atoms with van der Waals surface area (Å²) in [6, 6.07) is 0. The lowest BCUT2D eigenvalue weighted by atomic mass is 9.92. The molecule has 1 saturated heterocycles. The van der Waals surface area contributed by atoms with Crippen molar-refractivity contribution in [2.45, 2.75) is 51.2 Å². The van der Waals surface area contributed by atoms with Crippen LogP contribution in [0.2, 0.25) is 0 Å². The molecule has 19 heavy (non-hydrogen) atoms. The van der Waals surface area contributed by atoms with E-state index in [0.29, 0.717) is 31.2 Å². The van der Waals surface area contributed by atoms with Crippen LogP contribution in [0, 0.1) is 0 Å². The standard InChI is InChI=1S/C13H23N3O3/c1-3-5-10(18-4-2)11-15-12(19-16-11)13(17)6-8-14-9-7-13/h10,14,17H,3-9H2,1-2H3. The fourth-order valence-corrected chi connectivity index (χ4v) is 2.36. The molecule has 2 rings (SSSR count). The molecule has 1 aromatic heterocycles. The average molecular weight is 269 g/mol. The Morgan fingerprint density at radius 3 is 2.79 bits per heavy atom. The molecule has 6 nitrogen and oxygen atoms in total. The Bertz CT molecular complexity index is 382. The van der Waals surface area contributed by atoms with Crippen molar-refractivity contribution < 1.29 is 14.4 Å². The van der Waals surface area contributed by atoms with Crippen LogP contribution in [0.25, 0.3) is 0 Å². The first-order chi connectivity index (χ1) is 9.19. The summed E-state index contributed by atoms with van der Waals surface area (Å²) in [6.07, 6.45) is 2.90. The van der Waals surface area contributed by atoms with Gasteiger partial charge in [0, 0.05) is 6.61 Å². The zero-order valence-electron chi connectivity index (χ0n) is 11.7. The van der Waals surface area contributed by atoms with Crippen molar-refractivity contribution >= 4 is 0 Å². The molecule has 0 amide bonds. The molecule has 0 aromatic carbocycles. The largest absolute Gasteiger partial charge is 0.380 e. The van der Waals surface area contributed by atoms with Gasteiger partial charge in [0.2, 0.25) is 5.82 Å². The van der Waals surface area contributed by atoms with E-state index in [1.807, 2.05) is 6.92 Å². The summed E-state index contributed by atoms with van der Waals surface area (Å²) in [7, 11) is 0. The third-order valence-electron chi connectivity index (χ3n) is 3.48. The Labute approximate surface area is 113 Å². The van der Waals surface area contributed by atoms with Crippen LogP contribution in [0.3, 0.4) is 0 Å². The van der Waals surface area contributed by atoms with Crippen LogP contribution in [-0.2, 0) is 10.3 Å². The molecule has 1 unspecified atom stereocenters. The van der Waals surface area contributed by atoms with Crippen LogP contribution in [0.1, 0.15) is 57.3 Å². The summed E-state index contributed by atoms with van der Waals surface area (Å²) in [5.41, 5.74) is -0.987. The maximum Gasteiger partial charge on any atom is 0.258 e. The molecule has 1 atom stereocenters. The second-order valence-electron chi connectivity index (χ2n) is 4.97. The van der Waals surface area contributed by atoms with E-state index in [1.165, 1.54) is 0 Å². The number of aliphatic hydroxyl groups is 1. The SMILES string of the molecule is CCCC(OCC)c1noc(C2(O)CCNCC2)n1. The smallest absolute Gasteiger partial charge is 0.258 e. The van der Waals surface area contributed by atoms with Crippen molar-refractivity contribution in [3.8, 4) is 0 Å². The van der Waals surface area contributed by atoms with Gasteiger partial charge in [-0.05, 0) is 39.3 Å². The second-order valence-corrected chi connectivity index (χ2v) is 4.97. The first-order valence-electron chi connectivity index (χ1n) is 7.08. The zero-order chi connectivity index (χ0) is 13.7. The van der Waals surface area contributed by atoms with E-state index >= 15 is 0 Å². The monoisotopic (exact) mass is 269 g/mol. The van der Waals surface area contributed by atoms with E-state index < -0.39 is 5.60 Å². The summed E-state index contributed by atoms with van der Waals surface area (Å²) >= 11 is 0. The quantitative estimate of drug-likeness (QED) is 0.815. The number of hydrogen-bond acceptors (Lipinski definition) is 6. The molecule has 6 heteroatoms. The van der Waals surface area contributed by atoms with E-state index in [0.717, 1.165) is 25.9 Å². The molecule has 0 bridgehead atoms. The minimum atomic E-state index is -0.987. The van der Waals surface area contributed by atoms with Crippen LogP contribution < -0.4 is 5.32 Å². The highest BCUT2D eigenvalue weighted by Gasteiger charge is 2.37. The van der Waals surface area contributed by atoms with Gasteiger partial charge in [0.15, 0.2) is 0 Å². The molecule has 1 aromatic rings. The van der Waals surface area contributed by atoms with Gasteiger partial charge in [-0.15, -0.1) is 0 Å². The normalized spacial score (nSPS) is 20.4. The lowest BCUT2D eigenvalue weighted by Crippen LogP contribution is -2.40. The molecular weight excluding hydrogens is 246 g/mol. The van der Waals surface area contributed by atoms with E-state index in [-0.39, 0.29) is 6.10 Å². The van der Waals surface area contributed by atoms with Crippen molar-refractivity contribution in [1.29, 1.82) is 0 Å². The third-order valence-corrected chi connectivity index (χ3v) is 3.48. The van der Waals surface area contributed by atoms with Crippen LogP contribution in [0.15, 0.2) is 4.52 Å². The number of hydrogen-bond donors (Lipinski definition) is 2. The van der Waals surface area contributed by atoms with E-state index in [2.05, 4.69) is 22.4 Å². The second kappa shape index (κ2) is 6.45. The van der Waals surface area contributed by atoms with Crippen LogP contribution in [-0.4, -0.2) is 34.9 Å². The Balaban J connectivity index is 2.12. The highest BCUT2D eigenvalue weighted by molar-refractivity contribution is 5.02. The summed E-state index contributed by atoms with van der Waals surface area (Å²) < 4.78 is 10.9. The van der Waals surface area contributed by atoms with Crippen molar-refractivity contribution in [3.63, 3.8) is 0 Å². The van der Waals surface area contributed by atoms with Gasteiger partial charge < -0.3 is 19.7 Å². The summed E-state index contributed by atoms with van der Waals surface area (Å²) in [6.45, 7) is 6.18. The minimum absolute atomic E-state index is 0.141. The Morgan fingerprint density at radius 2 is 2.16 bits per heavy atom. The summed E-state index contributed by atoms with van der Waals surface area (Å²) in [4.78, 5) is 4.36. The molecule has 0 radical (unpaired) electrons. The molecule has 0 aliphatic carbocycles. The van der Waals surface area contributed by atoms with Crippen molar-refractivity contribution in [2.75, 3.05) is 19.7 Å². The number of ether oxygens (including phenoxy) is 1. The van der Waals surface area contributed by atoms with Crippen molar-refractivity contribution in [2.24, 2.45) is 0 Å². The van der Waals surface area contributed by atoms with Crippen LogP contribution in [0.4, 0.5) is 0 Å². The highest BCUT2D eigenvalue weighted by atomic mass is 16.5. The maximum absolute atomic E-state index is 10.5. The number of piperidine rings is 1. The fraction of sp³-hybridized carbons (Fsp3) is 0.846. The molecule has 2 heterocycles. The van der Waals surface area contributed by atoms with E-state index in [9.17, 15) is 5.11 Å². The Kier molecular flexibility index (Phi) is 4.90. The molecular formula is C13H23N3O3. The lowest BCUT2D eigenvalue weighted by Gasteiger charge is -2.28. The molecule has 1 fully saturated rings.